The molecule has 106 valence electrons. The van der Waals surface area contributed by atoms with Crippen molar-refractivity contribution < 1.29 is 4.74 Å². The molecule has 0 aromatic heterocycles. The standard InChI is InChI=1S/C15H25N3O/c1-9(2)11-5-6-14(19-4)12(7-11)15-13(8-16)10(3)17-18-15/h5-7,9-10,13,15,17-18H,8,16H2,1-4H3. The van der Waals surface area contributed by atoms with E-state index in [1.54, 1.807) is 7.11 Å². The summed E-state index contributed by atoms with van der Waals surface area (Å²) in [4.78, 5) is 0. The molecule has 1 aromatic rings. The Labute approximate surface area is 115 Å². The van der Waals surface area contributed by atoms with Crippen LogP contribution in [0.3, 0.4) is 0 Å². The fourth-order valence-corrected chi connectivity index (χ4v) is 2.73. The molecule has 0 spiro atoms. The summed E-state index contributed by atoms with van der Waals surface area (Å²) in [5.41, 5.74) is 15.1. The summed E-state index contributed by atoms with van der Waals surface area (Å²) >= 11 is 0. The van der Waals surface area contributed by atoms with Crippen molar-refractivity contribution in [1.29, 1.82) is 0 Å². The monoisotopic (exact) mass is 263 g/mol. The predicted molar refractivity (Wildman–Crippen MR) is 78.1 cm³/mol. The largest absolute Gasteiger partial charge is 0.496 e. The van der Waals surface area contributed by atoms with Crippen LogP contribution in [-0.2, 0) is 0 Å². The molecule has 1 fully saturated rings. The Balaban J connectivity index is 2.39. The van der Waals surface area contributed by atoms with Gasteiger partial charge < -0.3 is 10.5 Å². The van der Waals surface area contributed by atoms with E-state index < -0.39 is 0 Å². The van der Waals surface area contributed by atoms with Crippen molar-refractivity contribution in [3.8, 4) is 5.75 Å². The average Bonchev–Trinajstić information content (AvgIpc) is 2.78. The molecule has 3 unspecified atom stereocenters. The average molecular weight is 263 g/mol. The van der Waals surface area contributed by atoms with Crippen molar-refractivity contribution in [3.05, 3.63) is 29.3 Å². The molecule has 3 atom stereocenters. The van der Waals surface area contributed by atoms with Crippen LogP contribution in [0.4, 0.5) is 0 Å². The van der Waals surface area contributed by atoms with Gasteiger partial charge >= 0.3 is 0 Å². The van der Waals surface area contributed by atoms with E-state index in [0.717, 1.165) is 5.75 Å². The van der Waals surface area contributed by atoms with E-state index >= 15 is 0 Å². The highest BCUT2D eigenvalue weighted by molar-refractivity contribution is 5.41. The molecule has 1 aliphatic heterocycles. The van der Waals surface area contributed by atoms with E-state index in [-0.39, 0.29) is 6.04 Å². The molecule has 0 aliphatic carbocycles. The first-order chi connectivity index (χ1) is 9.08. The van der Waals surface area contributed by atoms with Gasteiger partial charge in [0.1, 0.15) is 5.75 Å². The molecule has 4 heteroatoms. The maximum Gasteiger partial charge on any atom is 0.123 e. The normalized spacial score (nSPS) is 26.9. The molecule has 0 saturated carbocycles. The van der Waals surface area contributed by atoms with Gasteiger partial charge in [-0.1, -0.05) is 26.0 Å². The lowest BCUT2D eigenvalue weighted by molar-refractivity contribution is 0.386. The smallest absolute Gasteiger partial charge is 0.123 e. The van der Waals surface area contributed by atoms with Crippen molar-refractivity contribution in [2.75, 3.05) is 13.7 Å². The van der Waals surface area contributed by atoms with E-state index in [0.29, 0.717) is 24.4 Å². The summed E-state index contributed by atoms with van der Waals surface area (Å²) in [5.74, 6) is 1.81. The highest BCUT2D eigenvalue weighted by Gasteiger charge is 2.34. The fourth-order valence-electron chi connectivity index (χ4n) is 2.73. The first-order valence-electron chi connectivity index (χ1n) is 6.97. The molecule has 0 amide bonds. The summed E-state index contributed by atoms with van der Waals surface area (Å²) < 4.78 is 5.51. The zero-order valence-electron chi connectivity index (χ0n) is 12.2. The van der Waals surface area contributed by atoms with Gasteiger partial charge in [-0.05, 0) is 31.0 Å². The zero-order chi connectivity index (χ0) is 14.0. The summed E-state index contributed by atoms with van der Waals surface area (Å²) in [7, 11) is 1.72. The van der Waals surface area contributed by atoms with Crippen LogP contribution in [0, 0.1) is 5.92 Å². The third kappa shape index (κ3) is 2.76. The second-order valence-electron chi connectivity index (χ2n) is 5.61. The van der Waals surface area contributed by atoms with Gasteiger partial charge in [-0.3, -0.25) is 5.43 Å². The molecule has 0 bridgehead atoms. The lowest BCUT2D eigenvalue weighted by atomic mass is 9.88. The van der Waals surface area contributed by atoms with E-state index in [2.05, 4.69) is 49.8 Å². The Hall–Kier alpha value is -1.10. The third-order valence-electron chi connectivity index (χ3n) is 4.06. The van der Waals surface area contributed by atoms with Crippen molar-refractivity contribution >= 4 is 0 Å². The third-order valence-corrected chi connectivity index (χ3v) is 4.06. The van der Waals surface area contributed by atoms with Crippen LogP contribution in [0.15, 0.2) is 18.2 Å². The van der Waals surface area contributed by atoms with Gasteiger partial charge in [-0.25, -0.2) is 5.43 Å². The molecule has 1 heterocycles. The molecule has 1 aliphatic rings. The van der Waals surface area contributed by atoms with Crippen LogP contribution < -0.4 is 21.3 Å². The number of benzene rings is 1. The van der Waals surface area contributed by atoms with Gasteiger partial charge in [0.05, 0.1) is 13.2 Å². The summed E-state index contributed by atoms with van der Waals surface area (Å²) in [6.45, 7) is 7.22. The number of hydrazine groups is 1. The molecule has 19 heavy (non-hydrogen) atoms. The molecule has 0 radical (unpaired) electrons. The molecule has 1 saturated heterocycles. The number of ether oxygens (including phenoxy) is 1. The Kier molecular flexibility index (Phi) is 4.45. The summed E-state index contributed by atoms with van der Waals surface area (Å²) in [5, 5.41) is 0. The highest BCUT2D eigenvalue weighted by Crippen LogP contribution is 2.35. The van der Waals surface area contributed by atoms with Crippen LogP contribution in [0.1, 0.15) is 43.9 Å². The minimum Gasteiger partial charge on any atom is -0.496 e. The number of nitrogens with two attached hydrogens (primary N) is 1. The Morgan fingerprint density at radius 1 is 1.32 bits per heavy atom. The van der Waals surface area contributed by atoms with E-state index in [9.17, 15) is 0 Å². The summed E-state index contributed by atoms with van der Waals surface area (Å²) in [6.07, 6.45) is 0. The second kappa shape index (κ2) is 5.90. The van der Waals surface area contributed by atoms with Gasteiger partial charge in [-0.15, -0.1) is 0 Å². The van der Waals surface area contributed by atoms with Crippen LogP contribution >= 0.6 is 0 Å². The number of hydrogen-bond acceptors (Lipinski definition) is 4. The first-order valence-corrected chi connectivity index (χ1v) is 6.97. The first kappa shape index (κ1) is 14.3. The lowest BCUT2D eigenvalue weighted by Gasteiger charge is -2.22. The van der Waals surface area contributed by atoms with Crippen LogP contribution in [-0.4, -0.2) is 19.7 Å². The molecule has 1 aromatic carbocycles. The predicted octanol–water partition coefficient (Wildman–Crippen LogP) is 1.93. The topological polar surface area (TPSA) is 59.3 Å². The highest BCUT2D eigenvalue weighted by atomic mass is 16.5. The summed E-state index contributed by atoms with van der Waals surface area (Å²) in [6, 6.07) is 7.00. The Bertz CT molecular complexity index is 433. The number of rotatable bonds is 4. The zero-order valence-corrected chi connectivity index (χ0v) is 12.2. The molecule has 2 rings (SSSR count). The maximum absolute atomic E-state index is 5.92. The van der Waals surface area contributed by atoms with Gasteiger partial charge in [0.2, 0.25) is 0 Å². The minimum atomic E-state index is 0.202. The molecule has 4 N–H and O–H groups in total. The fraction of sp³-hybridized carbons (Fsp3) is 0.600. The van der Waals surface area contributed by atoms with Crippen molar-refractivity contribution in [2.45, 2.75) is 38.8 Å². The quantitative estimate of drug-likeness (QED) is 0.777. The Morgan fingerprint density at radius 2 is 2.05 bits per heavy atom. The SMILES string of the molecule is COc1ccc(C(C)C)cc1C1NNC(C)C1CN. The van der Waals surface area contributed by atoms with E-state index in [4.69, 9.17) is 10.5 Å². The van der Waals surface area contributed by atoms with Crippen LogP contribution in [0.5, 0.6) is 5.75 Å². The van der Waals surface area contributed by atoms with Crippen molar-refractivity contribution in [1.82, 2.24) is 10.9 Å². The Morgan fingerprint density at radius 3 is 2.63 bits per heavy atom. The van der Waals surface area contributed by atoms with Crippen LogP contribution in [0.25, 0.3) is 0 Å². The van der Waals surface area contributed by atoms with Crippen LogP contribution in [0.2, 0.25) is 0 Å². The number of nitrogens with one attached hydrogen (secondary N) is 2. The number of methoxy groups -OCH3 is 1. The maximum atomic E-state index is 5.92. The van der Waals surface area contributed by atoms with E-state index in [1.165, 1.54) is 11.1 Å². The van der Waals surface area contributed by atoms with Gasteiger partial charge in [0.25, 0.3) is 0 Å². The van der Waals surface area contributed by atoms with Crippen molar-refractivity contribution in [2.24, 2.45) is 11.7 Å². The van der Waals surface area contributed by atoms with Gasteiger partial charge in [0.15, 0.2) is 0 Å². The molecule has 4 nitrogen and oxygen atoms in total. The second-order valence-corrected chi connectivity index (χ2v) is 5.61. The van der Waals surface area contributed by atoms with Gasteiger partial charge in [-0.2, -0.15) is 0 Å². The van der Waals surface area contributed by atoms with E-state index in [1.807, 2.05) is 0 Å². The molecular formula is C15H25N3O. The van der Waals surface area contributed by atoms with Crippen molar-refractivity contribution in [3.63, 3.8) is 0 Å². The molecular weight excluding hydrogens is 238 g/mol. The number of hydrogen-bond donors (Lipinski definition) is 3. The van der Waals surface area contributed by atoms with Gasteiger partial charge in [0, 0.05) is 17.5 Å². The minimum absolute atomic E-state index is 0.202. The lowest BCUT2D eigenvalue weighted by Crippen LogP contribution is -2.30.